The highest BCUT2D eigenvalue weighted by Gasteiger charge is 2.25. The Morgan fingerprint density at radius 2 is 1.96 bits per heavy atom. The summed E-state index contributed by atoms with van der Waals surface area (Å²) >= 11 is 1.42. The maximum atomic E-state index is 12.2. The van der Waals surface area contributed by atoms with Gasteiger partial charge in [-0.25, -0.2) is 4.79 Å². The van der Waals surface area contributed by atoms with Crippen molar-refractivity contribution in [3.05, 3.63) is 47.0 Å². The molecule has 0 atom stereocenters. The van der Waals surface area contributed by atoms with Crippen LogP contribution in [-0.2, 0) is 11.2 Å². The number of esters is 1. The molecule has 0 radical (unpaired) electrons. The lowest BCUT2D eigenvalue weighted by Crippen LogP contribution is -2.12. The van der Waals surface area contributed by atoms with Gasteiger partial charge in [-0.3, -0.25) is 4.79 Å². The zero-order valence-electron chi connectivity index (χ0n) is 13.6. The standard InChI is InChI=1S/C19H18O4S/c1-23-19(22)14-7-3-6-13(18(14)24-2)17-12-5-4-8-15(20)11(12)9-10-16(17)21/h3,6-7,9-10,21H,4-5,8H2,1-2H3. The SMILES string of the molecule is COC(=O)c1cccc(-c2c(O)ccc3c2CCCC3=O)c1SC. The van der Waals surface area contributed by atoms with Crippen LogP contribution < -0.4 is 0 Å². The maximum absolute atomic E-state index is 12.2. The van der Waals surface area contributed by atoms with Gasteiger partial charge in [0.25, 0.3) is 0 Å². The number of carbonyl (C=O) groups is 2. The van der Waals surface area contributed by atoms with E-state index in [0.717, 1.165) is 28.9 Å². The van der Waals surface area contributed by atoms with Crippen molar-refractivity contribution in [1.29, 1.82) is 0 Å². The summed E-state index contributed by atoms with van der Waals surface area (Å²) in [5.41, 5.74) is 3.40. The van der Waals surface area contributed by atoms with Crippen LogP contribution in [0, 0.1) is 0 Å². The molecule has 1 aliphatic rings. The van der Waals surface area contributed by atoms with Crippen LogP contribution in [0.5, 0.6) is 5.75 Å². The van der Waals surface area contributed by atoms with Crippen molar-refractivity contribution in [2.24, 2.45) is 0 Å². The van der Waals surface area contributed by atoms with Crippen molar-refractivity contribution in [2.75, 3.05) is 13.4 Å². The second-order valence-corrected chi connectivity index (χ2v) is 6.46. The fourth-order valence-corrected chi connectivity index (χ4v) is 4.00. The highest BCUT2D eigenvalue weighted by molar-refractivity contribution is 7.98. The number of fused-ring (bicyclic) bond motifs is 1. The van der Waals surface area contributed by atoms with Crippen molar-refractivity contribution in [1.82, 2.24) is 0 Å². The lowest BCUT2D eigenvalue weighted by atomic mass is 9.84. The number of phenolic OH excluding ortho intramolecular Hbond substituents is 1. The molecule has 0 heterocycles. The molecule has 2 aromatic rings. The van der Waals surface area contributed by atoms with Crippen LogP contribution in [0.4, 0.5) is 0 Å². The molecule has 2 aromatic carbocycles. The molecule has 24 heavy (non-hydrogen) atoms. The number of ether oxygens (including phenoxy) is 1. The van der Waals surface area contributed by atoms with Crippen LogP contribution in [-0.4, -0.2) is 30.2 Å². The summed E-state index contributed by atoms with van der Waals surface area (Å²) < 4.78 is 4.86. The smallest absolute Gasteiger partial charge is 0.339 e. The summed E-state index contributed by atoms with van der Waals surface area (Å²) in [5.74, 6) is -0.186. The van der Waals surface area contributed by atoms with Crippen molar-refractivity contribution >= 4 is 23.5 Å². The Labute approximate surface area is 144 Å². The van der Waals surface area contributed by atoms with E-state index in [-0.39, 0.29) is 11.5 Å². The number of aromatic hydroxyl groups is 1. The van der Waals surface area contributed by atoms with E-state index in [1.54, 1.807) is 24.3 Å². The van der Waals surface area contributed by atoms with Gasteiger partial charge in [0.15, 0.2) is 5.78 Å². The van der Waals surface area contributed by atoms with E-state index in [0.29, 0.717) is 23.1 Å². The molecule has 3 rings (SSSR count). The largest absolute Gasteiger partial charge is 0.507 e. The summed E-state index contributed by atoms with van der Waals surface area (Å²) in [6, 6.07) is 8.60. The van der Waals surface area contributed by atoms with E-state index in [9.17, 15) is 14.7 Å². The minimum Gasteiger partial charge on any atom is -0.507 e. The van der Waals surface area contributed by atoms with E-state index < -0.39 is 5.97 Å². The monoisotopic (exact) mass is 342 g/mol. The molecule has 0 bridgehead atoms. The quantitative estimate of drug-likeness (QED) is 0.672. The number of phenols is 1. The Kier molecular flexibility index (Phi) is 4.62. The molecule has 0 spiro atoms. The lowest BCUT2D eigenvalue weighted by molar-refractivity contribution is 0.0596. The van der Waals surface area contributed by atoms with Crippen LogP contribution in [0.25, 0.3) is 11.1 Å². The Morgan fingerprint density at radius 3 is 2.67 bits per heavy atom. The van der Waals surface area contributed by atoms with Crippen LogP contribution in [0.15, 0.2) is 35.2 Å². The molecule has 0 unspecified atom stereocenters. The van der Waals surface area contributed by atoms with Gasteiger partial charge in [-0.05, 0) is 42.9 Å². The number of thioether (sulfide) groups is 1. The van der Waals surface area contributed by atoms with E-state index in [2.05, 4.69) is 0 Å². The molecule has 4 nitrogen and oxygen atoms in total. The van der Waals surface area contributed by atoms with Crippen molar-refractivity contribution < 1.29 is 19.4 Å². The maximum Gasteiger partial charge on any atom is 0.339 e. The molecular weight excluding hydrogens is 324 g/mol. The molecule has 0 saturated carbocycles. The van der Waals surface area contributed by atoms with Gasteiger partial charge in [0.05, 0.1) is 12.7 Å². The van der Waals surface area contributed by atoms with E-state index in [1.807, 2.05) is 12.3 Å². The average molecular weight is 342 g/mol. The minimum absolute atomic E-state index is 0.104. The third-order valence-electron chi connectivity index (χ3n) is 4.32. The molecule has 0 aromatic heterocycles. The first-order valence-corrected chi connectivity index (χ1v) is 8.94. The van der Waals surface area contributed by atoms with Crippen LogP contribution in [0.1, 0.15) is 39.1 Å². The highest BCUT2D eigenvalue weighted by atomic mass is 32.2. The van der Waals surface area contributed by atoms with Crippen LogP contribution in [0.3, 0.4) is 0 Å². The first-order chi connectivity index (χ1) is 11.6. The summed E-state index contributed by atoms with van der Waals surface area (Å²) in [6.45, 7) is 0. The zero-order valence-corrected chi connectivity index (χ0v) is 14.4. The summed E-state index contributed by atoms with van der Waals surface area (Å²) in [7, 11) is 1.35. The number of hydrogen-bond donors (Lipinski definition) is 1. The minimum atomic E-state index is -0.415. The summed E-state index contributed by atoms with van der Waals surface area (Å²) in [4.78, 5) is 25.0. The molecular formula is C19H18O4S. The number of methoxy groups -OCH3 is 1. The summed E-state index contributed by atoms with van der Waals surface area (Å²) in [6.07, 6.45) is 3.92. The van der Waals surface area contributed by atoms with Gasteiger partial charge in [-0.2, -0.15) is 0 Å². The Morgan fingerprint density at radius 1 is 1.17 bits per heavy atom. The molecule has 0 amide bonds. The van der Waals surface area contributed by atoms with Gasteiger partial charge < -0.3 is 9.84 Å². The molecule has 0 saturated heterocycles. The average Bonchev–Trinajstić information content (AvgIpc) is 2.60. The predicted molar refractivity (Wildman–Crippen MR) is 93.9 cm³/mol. The molecule has 124 valence electrons. The summed E-state index contributed by atoms with van der Waals surface area (Å²) in [5, 5.41) is 10.5. The number of carbonyl (C=O) groups excluding carboxylic acids is 2. The van der Waals surface area contributed by atoms with Crippen molar-refractivity contribution in [3.8, 4) is 16.9 Å². The second-order valence-electron chi connectivity index (χ2n) is 5.64. The molecule has 1 aliphatic carbocycles. The number of Topliss-reactive ketones (excluding diaryl/α,β-unsaturated/α-hetero) is 1. The first-order valence-electron chi connectivity index (χ1n) is 7.72. The number of hydrogen-bond acceptors (Lipinski definition) is 5. The zero-order chi connectivity index (χ0) is 17.3. The van der Waals surface area contributed by atoms with E-state index >= 15 is 0 Å². The molecule has 0 aliphatic heterocycles. The predicted octanol–water partition coefficient (Wildman–Crippen LogP) is 4.09. The third-order valence-corrected chi connectivity index (χ3v) is 5.16. The van der Waals surface area contributed by atoms with Gasteiger partial charge in [-0.15, -0.1) is 11.8 Å². The van der Waals surface area contributed by atoms with Crippen molar-refractivity contribution in [3.63, 3.8) is 0 Å². The Hall–Kier alpha value is -2.27. The fourth-order valence-electron chi connectivity index (χ4n) is 3.24. The topological polar surface area (TPSA) is 63.6 Å². The first kappa shape index (κ1) is 16.6. The number of benzene rings is 2. The van der Waals surface area contributed by atoms with Crippen LogP contribution in [0.2, 0.25) is 0 Å². The second kappa shape index (κ2) is 6.69. The molecule has 1 N–H and O–H groups in total. The highest BCUT2D eigenvalue weighted by Crippen LogP contribution is 2.42. The van der Waals surface area contributed by atoms with Crippen LogP contribution >= 0.6 is 11.8 Å². The van der Waals surface area contributed by atoms with Gasteiger partial charge in [0.1, 0.15) is 5.75 Å². The Bertz CT molecular complexity index is 826. The Balaban J connectivity index is 2.29. The number of ketones is 1. The van der Waals surface area contributed by atoms with E-state index in [4.69, 9.17) is 4.74 Å². The van der Waals surface area contributed by atoms with Gasteiger partial charge >= 0.3 is 5.97 Å². The van der Waals surface area contributed by atoms with Gasteiger partial charge in [-0.1, -0.05) is 12.1 Å². The third kappa shape index (κ3) is 2.69. The fraction of sp³-hybridized carbons (Fsp3) is 0.263. The van der Waals surface area contributed by atoms with E-state index in [1.165, 1.54) is 18.9 Å². The van der Waals surface area contributed by atoms with Gasteiger partial charge in [0.2, 0.25) is 0 Å². The normalized spacial score (nSPS) is 13.5. The van der Waals surface area contributed by atoms with Gasteiger partial charge in [0, 0.05) is 28.0 Å². The molecule has 0 fully saturated rings. The lowest BCUT2D eigenvalue weighted by Gasteiger charge is -2.21. The number of rotatable bonds is 3. The molecule has 5 heteroatoms. The van der Waals surface area contributed by atoms with Crippen molar-refractivity contribution in [2.45, 2.75) is 24.2 Å².